The second-order valence-electron chi connectivity index (χ2n) is 4.55. The van der Waals surface area contributed by atoms with Crippen molar-refractivity contribution in [1.29, 1.82) is 0 Å². The number of nitrogens with one attached hydrogen (secondary N) is 2. The van der Waals surface area contributed by atoms with Crippen LogP contribution in [0.1, 0.15) is 19.3 Å². The first-order valence-corrected chi connectivity index (χ1v) is 6.09. The molecular weight excluding hydrogens is 254 g/mol. The van der Waals surface area contributed by atoms with Gasteiger partial charge in [-0.05, 0) is 6.42 Å². The van der Waals surface area contributed by atoms with Crippen LogP contribution in [0.15, 0.2) is 0 Å². The Balaban J connectivity index is 2.21. The van der Waals surface area contributed by atoms with Gasteiger partial charge >= 0.3 is 12.0 Å². The highest BCUT2D eigenvalue weighted by Crippen LogP contribution is 2.09. The summed E-state index contributed by atoms with van der Waals surface area (Å²) in [6.07, 6.45) is -0.530. The van der Waals surface area contributed by atoms with Gasteiger partial charge in [0.2, 0.25) is 5.91 Å². The van der Waals surface area contributed by atoms with Gasteiger partial charge in [-0.15, -0.1) is 0 Å². The number of nitrogens with zero attached hydrogens (tertiary/aromatic N) is 1. The molecule has 1 heterocycles. The fourth-order valence-corrected chi connectivity index (χ4v) is 1.81. The minimum Gasteiger partial charge on any atom is -0.479 e. The van der Waals surface area contributed by atoms with Crippen LogP contribution in [0, 0.1) is 0 Å². The van der Waals surface area contributed by atoms with Crippen LogP contribution in [0.3, 0.4) is 0 Å². The Kier molecular flexibility index (Phi) is 5.56. The van der Waals surface area contributed by atoms with E-state index in [0.29, 0.717) is 19.4 Å². The van der Waals surface area contributed by atoms with Crippen molar-refractivity contribution in [2.75, 3.05) is 20.1 Å². The largest absolute Gasteiger partial charge is 0.479 e. The number of hydrogen-bond acceptors (Lipinski definition) is 4. The van der Waals surface area contributed by atoms with Crippen molar-refractivity contribution in [3.05, 3.63) is 0 Å². The Bertz CT molecular complexity index is 360. The van der Waals surface area contributed by atoms with Gasteiger partial charge in [0.25, 0.3) is 0 Å². The van der Waals surface area contributed by atoms with E-state index in [1.807, 2.05) is 0 Å². The van der Waals surface area contributed by atoms with Crippen molar-refractivity contribution < 1.29 is 24.6 Å². The summed E-state index contributed by atoms with van der Waals surface area (Å²) in [5, 5.41) is 22.6. The zero-order chi connectivity index (χ0) is 14.4. The van der Waals surface area contributed by atoms with Crippen molar-refractivity contribution in [3.8, 4) is 0 Å². The van der Waals surface area contributed by atoms with Gasteiger partial charge < -0.3 is 25.7 Å². The number of likely N-dealkylation sites (N-methyl/N-ethyl adjacent to an activating group) is 1. The maximum atomic E-state index is 11.5. The average molecular weight is 273 g/mol. The summed E-state index contributed by atoms with van der Waals surface area (Å²) in [5.41, 5.74) is 0. The quantitative estimate of drug-likeness (QED) is 0.498. The van der Waals surface area contributed by atoms with Crippen LogP contribution in [0.25, 0.3) is 0 Å². The average Bonchev–Trinajstić information content (AvgIpc) is 2.33. The van der Waals surface area contributed by atoms with E-state index in [2.05, 4.69) is 10.6 Å². The minimum atomic E-state index is -1.47. The maximum absolute atomic E-state index is 11.5. The van der Waals surface area contributed by atoms with E-state index in [4.69, 9.17) is 10.2 Å². The zero-order valence-corrected chi connectivity index (χ0v) is 10.8. The number of carboxylic acid groups (broad SMARTS) is 1. The highest BCUT2D eigenvalue weighted by molar-refractivity contribution is 5.78. The summed E-state index contributed by atoms with van der Waals surface area (Å²) >= 11 is 0. The van der Waals surface area contributed by atoms with Crippen molar-refractivity contribution in [3.63, 3.8) is 0 Å². The Labute approximate surface area is 110 Å². The molecule has 1 saturated heterocycles. The van der Waals surface area contributed by atoms with Gasteiger partial charge in [-0.1, -0.05) is 0 Å². The van der Waals surface area contributed by atoms with Gasteiger partial charge in [0.1, 0.15) is 0 Å². The molecule has 3 amide bonds. The number of urea groups is 1. The Hall–Kier alpha value is -1.83. The van der Waals surface area contributed by atoms with Crippen molar-refractivity contribution in [2.24, 2.45) is 0 Å². The molecule has 2 atom stereocenters. The van der Waals surface area contributed by atoms with Crippen molar-refractivity contribution in [2.45, 2.75) is 31.4 Å². The Morgan fingerprint density at radius 1 is 1.53 bits per heavy atom. The van der Waals surface area contributed by atoms with Gasteiger partial charge in [0, 0.05) is 39.0 Å². The topological polar surface area (TPSA) is 119 Å². The summed E-state index contributed by atoms with van der Waals surface area (Å²) in [7, 11) is 1.68. The second kappa shape index (κ2) is 6.93. The third-order valence-corrected chi connectivity index (χ3v) is 2.95. The lowest BCUT2D eigenvalue weighted by atomic mass is 10.1. The predicted octanol–water partition coefficient (Wildman–Crippen LogP) is -1.26. The first-order chi connectivity index (χ1) is 8.90. The number of likely N-dealkylation sites (tertiary alicyclic amines) is 1. The number of rotatable bonds is 5. The molecule has 1 aliphatic rings. The molecule has 2 unspecified atom stereocenters. The molecule has 0 saturated carbocycles. The standard InChI is InChI=1S/C11H19N3O5/c1-14-6-7(2-3-9(14)16)13-11(19)12-5-4-8(15)10(17)18/h7-8,15H,2-6H2,1H3,(H,17,18)(H2,12,13,19). The number of hydrogen-bond donors (Lipinski definition) is 4. The first-order valence-electron chi connectivity index (χ1n) is 6.09. The zero-order valence-electron chi connectivity index (χ0n) is 10.8. The van der Waals surface area contributed by atoms with Crippen LogP contribution < -0.4 is 10.6 Å². The number of aliphatic hydroxyl groups excluding tert-OH is 1. The molecule has 108 valence electrons. The number of carbonyl (C=O) groups excluding carboxylic acids is 2. The Morgan fingerprint density at radius 3 is 2.79 bits per heavy atom. The Morgan fingerprint density at radius 2 is 2.21 bits per heavy atom. The van der Waals surface area contributed by atoms with E-state index >= 15 is 0 Å². The predicted molar refractivity (Wildman–Crippen MR) is 65.5 cm³/mol. The minimum absolute atomic E-state index is 0.0498. The van der Waals surface area contributed by atoms with Gasteiger partial charge in [-0.25, -0.2) is 9.59 Å². The number of carboxylic acids is 1. The molecule has 8 heteroatoms. The molecule has 4 N–H and O–H groups in total. The van der Waals surface area contributed by atoms with Crippen LogP contribution in [0.5, 0.6) is 0 Å². The highest BCUT2D eigenvalue weighted by atomic mass is 16.4. The molecule has 19 heavy (non-hydrogen) atoms. The van der Waals surface area contributed by atoms with Crippen LogP contribution >= 0.6 is 0 Å². The maximum Gasteiger partial charge on any atom is 0.332 e. The lowest BCUT2D eigenvalue weighted by molar-refractivity contribution is -0.146. The highest BCUT2D eigenvalue weighted by Gasteiger charge is 2.23. The van der Waals surface area contributed by atoms with E-state index in [0.717, 1.165) is 0 Å². The van der Waals surface area contributed by atoms with E-state index in [9.17, 15) is 14.4 Å². The molecule has 0 bridgehead atoms. The van der Waals surface area contributed by atoms with E-state index in [1.165, 1.54) is 0 Å². The molecule has 0 aromatic heterocycles. The second-order valence-corrected chi connectivity index (χ2v) is 4.55. The summed E-state index contributed by atoms with van der Waals surface area (Å²) in [6.45, 7) is 0.533. The summed E-state index contributed by atoms with van der Waals surface area (Å²) < 4.78 is 0. The van der Waals surface area contributed by atoms with Crippen LogP contribution in [-0.2, 0) is 9.59 Å². The number of carbonyl (C=O) groups is 3. The first kappa shape index (κ1) is 15.2. The van der Waals surface area contributed by atoms with Crippen molar-refractivity contribution >= 4 is 17.9 Å². The molecular formula is C11H19N3O5. The number of amides is 3. The summed E-state index contributed by atoms with van der Waals surface area (Å²) in [6, 6.07) is -0.530. The van der Waals surface area contributed by atoms with E-state index < -0.39 is 18.1 Å². The van der Waals surface area contributed by atoms with Gasteiger partial charge in [0.05, 0.1) is 0 Å². The number of aliphatic hydroxyl groups is 1. The molecule has 1 fully saturated rings. The van der Waals surface area contributed by atoms with Crippen LogP contribution in [-0.4, -0.2) is 65.3 Å². The molecule has 8 nitrogen and oxygen atoms in total. The molecule has 0 radical (unpaired) electrons. The SMILES string of the molecule is CN1CC(NC(=O)NCCC(O)C(=O)O)CCC1=O. The lowest BCUT2D eigenvalue weighted by Crippen LogP contribution is -2.51. The van der Waals surface area contributed by atoms with Crippen LogP contribution in [0.4, 0.5) is 4.79 Å². The summed E-state index contributed by atoms with van der Waals surface area (Å²) in [4.78, 5) is 34.6. The molecule has 0 aromatic carbocycles. The normalized spacial score (nSPS) is 20.8. The third-order valence-electron chi connectivity index (χ3n) is 2.95. The van der Waals surface area contributed by atoms with E-state index in [-0.39, 0.29) is 24.9 Å². The van der Waals surface area contributed by atoms with Crippen LogP contribution in [0.2, 0.25) is 0 Å². The fourth-order valence-electron chi connectivity index (χ4n) is 1.81. The van der Waals surface area contributed by atoms with Gasteiger partial charge in [0.15, 0.2) is 6.10 Å². The van der Waals surface area contributed by atoms with E-state index in [1.54, 1.807) is 11.9 Å². The van der Waals surface area contributed by atoms with Gasteiger partial charge in [-0.3, -0.25) is 4.79 Å². The molecule has 1 aliphatic heterocycles. The third kappa shape index (κ3) is 5.12. The molecule has 0 spiro atoms. The monoisotopic (exact) mass is 273 g/mol. The summed E-state index contributed by atoms with van der Waals surface area (Å²) in [5.74, 6) is -1.25. The molecule has 0 aliphatic carbocycles. The smallest absolute Gasteiger partial charge is 0.332 e. The fraction of sp³-hybridized carbons (Fsp3) is 0.727. The molecule has 1 rings (SSSR count). The number of piperidine rings is 1. The molecule has 0 aromatic rings. The number of aliphatic carboxylic acids is 1. The van der Waals surface area contributed by atoms with Gasteiger partial charge in [-0.2, -0.15) is 0 Å². The lowest BCUT2D eigenvalue weighted by Gasteiger charge is -2.30. The van der Waals surface area contributed by atoms with Crippen molar-refractivity contribution in [1.82, 2.24) is 15.5 Å².